The lowest BCUT2D eigenvalue weighted by Gasteiger charge is -2.10. The molecule has 0 aliphatic rings. The second kappa shape index (κ2) is 8.02. The number of aliphatic imine (C=N–C) groups is 1. The molecule has 0 bridgehead atoms. The summed E-state index contributed by atoms with van der Waals surface area (Å²) in [6.45, 7) is 8.69. The highest BCUT2D eigenvalue weighted by Crippen LogP contribution is 2.08. The molecule has 84 valence electrons. The smallest absolute Gasteiger partial charge is 0.0520 e. The minimum atomic E-state index is 0.113. The van der Waals surface area contributed by atoms with Crippen LogP contribution in [0.1, 0.15) is 72.6 Å². The molecule has 0 aliphatic heterocycles. The fourth-order valence-corrected chi connectivity index (χ4v) is 1.35. The maximum atomic E-state index is 4.47. The summed E-state index contributed by atoms with van der Waals surface area (Å²) in [7, 11) is 0. The van der Waals surface area contributed by atoms with Crippen LogP contribution in [-0.2, 0) is 0 Å². The molecule has 0 heterocycles. The van der Waals surface area contributed by atoms with Gasteiger partial charge in [0, 0.05) is 0 Å². The minimum absolute atomic E-state index is 0.113. The van der Waals surface area contributed by atoms with Gasteiger partial charge in [-0.05, 0) is 39.8 Å². The molecule has 1 heteroatoms. The molecular formula is C13H27N. The van der Waals surface area contributed by atoms with E-state index in [9.17, 15) is 0 Å². The van der Waals surface area contributed by atoms with Crippen molar-refractivity contribution in [3.05, 3.63) is 0 Å². The fraction of sp³-hybridized carbons (Fsp3) is 0.923. The summed E-state index contributed by atoms with van der Waals surface area (Å²) in [4.78, 5) is 4.47. The van der Waals surface area contributed by atoms with Gasteiger partial charge in [0.15, 0.2) is 0 Å². The first-order valence-electron chi connectivity index (χ1n) is 6.10. The SMILES string of the molecule is CCCCCCCCC=NC(C)(C)C. The molecule has 0 amide bonds. The predicted molar refractivity (Wildman–Crippen MR) is 66.2 cm³/mol. The van der Waals surface area contributed by atoms with Gasteiger partial charge in [0.25, 0.3) is 0 Å². The second-order valence-electron chi connectivity index (χ2n) is 5.04. The van der Waals surface area contributed by atoms with Crippen LogP contribution in [0.4, 0.5) is 0 Å². The third-order valence-corrected chi connectivity index (χ3v) is 2.17. The first-order valence-corrected chi connectivity index (χ1v) is 6.10. The summed E-state index contributed by atoms with van der Waals surface area (Å²) >= 11 is 0. The van der Waals surface area contributed by atoms with Crippen molar-refractivity contribution in [1.82, 2.24) is 0 Å². The Morgan fingerprint density at radius 2 is 1.50 bits per heavy atom. The first kappa shape index (κ1) is 13.7. The van der Waals surface area contributed by atoms with Gasteiger partial charge in [-0.25, -0.2) is 0 Å². The molecule has 0 N–H and O–H groups in total. The standard InChI is InChI=1S/C13H27N/c1-5-6-7-8-9-10-11-12-14-13(2,3)4/h12H,5-11H2,1-4H3. The number of hydrogen-bond acceptors (Lipinski definition) is 1. The van der Waals surface area contributed by atoms with Crippen LogP contribution in [0, 0.1) is 0 Å². The molecule has 0 aliphatic carbocycles. The number of unbranched alkanes of at least 4 members (excludes halogenated alkanes) is 6. The van der Waals surface area contributed by atoms with E-state index in [4.69, 9.17) is 0 Å². The van der Waals surface area contributed by atoms with Crippen molar-refractivity contribution in [2.24, 2.45) is 4.99 Å². The Labute approximate surface area is 90.0 Å². The van der Waals surface area contributed by atoms with Crippen molar-refractivity contribution in [2.45, 2.75) is 78.2 Å². The van der Waals surface area contributed by atoms with E-state index in [2.05, 4.69) is 38.9 Å². The summed E-state index contributed by atoms with van der Waals surface area (Å²) in [5.74, 6) is 0. The van der Waals surface area contributed by atoms with Crippen molar-refractivity contribution < 1.29 is 0 Å². The van der Waals surface area contributed by atoms with E-state index < -0.39 is 0 Å². The Hall–Kier alpha value is -0.330. The maximum Gasteiger partial charge on any atom is 0.0520 e. The highest BCUT2D eigenvalue weighted by Gasteiger charge is 2.03. The Morgan fingerprint density at radius 1 is 0.929 bits per heavy atom. The van der Waals surface area contributed by atoms with Crippen molar-refractivity contribution in [3.8, 4) is 0 Å². The van der Waals surface area contributed by atoms with Crippen LogP contribution in [0.2, 0.25) is 0 Å². The lowest BCUT2D eigenvalue weighted by Crippen LogP contribution is -2.09. The van der Waals surface area contributed by atoms with Crippen LogP contribution < -0.4 is 0 Å². The summed E-state index contributed by atoms with van der Waals surface area (Å²) < 4.78 is 0. The molecule has 0 unspecified atom stereocenters. The van der Waals surface area contributed by atoms with Gasteiger partial charge in [0.1, 0.15) is 0 Å². The number of nitrogens with zero attached hydrogens (tertiary/aromatic N) is 1. The van der Waals surface area contributed by atoms with Crippen molar-refractivity contribution >= 4 is 6.21 Å². The molecule has 0 radical (unpaired) electrons. The molecule has 0 fully saturated rings. The molecule has 0 atom stereocenters. The largest absolute Gasteiger partial charge is 0.292 e. The zero-order valence-corrected chi connectivity index (χ0v) is 10.5. The summed E-state index contributed by atoms with van der Waals surface area (Å²) in [6.07, 6.45) is 11.5. The monoisotopic (exact) mass is 197 g/mol. The lowest BCUT2D eigenvalue weighted by atomic mass is 10.1. The maximum absolute atomic E-state index is 4.47. The average molecular weight is 197 g/mol. The van der Waals surface area contributed by atoms with Crippen LogP contribution in [0.15, 0.2) is 4.99 Å². The first-order chi connectivity index (χ1) is 6.56. The van der Waals surface area contributed by atoms with Gasteiger partial charge < -0.3 is 0 Å². The number of rotatable bonds is 7. The molecule has 0 spiro atoms. The molecule has 0 saturated carbocycles. The summed E-state index contributed by atoms with van der Waals surface area (Å²) in [5, 5.41) is 0. The summed E-state index contributed by atoms with van der Waals surface area (Å²) in [6, 6.07) is 0. The van der Waals surface area contributed by atoms with E-state index in [1.807, 2.05) is 0 Å². The van der Waals surface area contributed by atoms with E-state index in [0.29, 0.717) is 0 Å². The normalized spacial score (nSPS) is 12.6. The molecular weight excluding hydrogens is 170 g/mol. The molecule has 0 aromatic rings. The van der Waals surface area contributed by atoms with Gasteiger partial charge in [-0.2, -0.15) is 0 Å². The average Bonchev–Trinajstić information content (AvgIpc) is 2.08. The Kier molecular flexibility index (Phi) is 7.83. The van der Waals surface area contributed by atoms with Gasteiger partial charge in [0.2, 0.25) is 0 Å². The van der Waals surface area contributed by atoms with Gasteiger partial charge in [-0.1, -0.05) is 39.0 Å². The van der Waals surface area contributed by atoms with Crippen molar-refractivity contribution in [2.75, 3.05) is 0 Å². The van der Waals surface area contributed by atoms with Gasteiger partial charge in [-0.15, -0.1) is 0 Å². The van der Waals surface area contributed by atoms with Crippen molar-refractivity contribution in [1.29, 1.82) is 0 Å². The van der Waals surface area contributed by atoms with Crippen LogP contribution >= 0.6 is 0 Å². The molecule has 0 aromatic heterocycles. The lowest BCUT2D eigenvalue weighted by molar-refractivity contribution is 0.581. The highest BCUT2D eigenvalue weighted by molar-refractivity contribution is 5.57. The van der Waals surface area contributed by atoms with E-state index >= 15 is 0 Å². The van der Waals surface area contributed by atoms with E-state index in [-0.39, 0.29) is 5.54 Å². The summed E-state index contributed by atoms with van der Waals surface area (Å²) in [5.41, 5.74) is 0.113. The number of hydrogen-bond donors (Lipinski definition) is 0. The molecule has 1 nitrogen and oxygen atoms in total. The molecule has 0 aromatic carbocycles. The Balaban J connectivity index is 3.17. The molecule has 0 rings (SSSR count). The zero-order chi connectivity index (χ0) is 10.9. The molecule has 0 saturated heterocycles. The third-order valence-electron chi connectivity index (χ3n) is 2.17. The quantitative estimate of drug-likeness (QED) is 0.417. The Morgan fingerprint density at radius 3 is 2.07 bits per heavy atom. The second-order valence-corrected chi connectivity index (χ2v) is 5.04. The Bertz CT molecular complexity index is 142. The van der Waals surface area contributed by atoms with Crippen LogP contribution in [0.5, 0.6) is 0 Å². The van der Waals surface area contributed by atoms with E-state index in [1.54, 1.807) is 0 Å². The van der Waals surface area contributed by atoms with Gasteiger partial charge in [0.05, 0.1) is 5.54 Å². The van der Waals surface area contributed by atoms with E-state index in [1.165, 1.54) is 38.5 Å². The predicted octanol–water partition coefficient (Wildman–Crippen LogP) is 4.61. The van der Waals surface area contributed by atoms with Crippen LogP contribution in [-0.4, -0.2) is 11.8 Å². The fourth-order valence-electron chi connectivity index (χ4n) is 1.35. The third kappa shape index (κ3) is 11.7. The van der Waals surface area contributed by atoms with Crippen LogP contribution in [0.3, 0.4) is 0 Å². The van der Waals surface area contributed by atoms with Crippen molar-refractivity contribution in [3.63, 3.8) is 0 Å². The van der Waals surface area contributed by atoms with Gasteiger partial charge >= 0.3 is 0 Å². The molecule has 14 heavy (non-hydrogen) atoms. The minimum Gasteiger partial charge on any atom is -0.292 e. The van der Waals surface area contributed by atoms with Crippen LogP contribution in [0.25, 0.3) is 0 Å². The zero-order valence-electron chi connectivity index (χ0n) is 10.5. The highest BCUT2D eigenvalue weighted by atomic mass is 14.8. The topological polar surface area (TPSA) is 12.4 Å². The van der Waals surface area contributed by atoms with Gasteiger partial charge in [-0.3, -0.25) is 4.99 Å². The van der Waals surface area contributed by atoms with E-state index in [0.717, 1.165) is 6.42 Å².